The van der Waals surface area contributed by atoms with Crippen LogP contribution in [0, 0.1) is 6.67 Å². The Hall–Kier alpha value is -0.978. The predicted molar refractivity (Wildman–Crippen MR) is 211 cm³/mol. The predicted octanol–water partition coefficient (Wildman–Crippen LogP) is 15.5. The van der Waals surface area contributed by atoms with Crippen LogP contribution < -0.4 is 9.80 Å². The third-order valence-electron chi connectivity index (χ3n) is 10.4. The quantitative estimate of drug-likeness (QED) is 0.0666. The molecule has 0 aliphatic carbocycles. The Bertz CT molecular complexity index is 1060. The molecule has 0 saturated heterocycles. The van der Waals surface area contributed by atoms with E-state index in [9.17, 15) is 0 Å². The zero-order chi connectivity index (χ0) is 34.3. The van der Waals surface area contributed by atoms with Crippen LogP contribution in [-0.4, -0.2) is 0 Å². The number of rotatable bonds is 22. The van der Waals surface area contributed by atoms with Crippen molar-refractivity contribution in [3.63, 3.8) is 0 Å². The summed E-state index contributed by atoms with van der Waals surface area (Å²) >= 11 is 15.0. The molecule has 0 atom stereocenters. The Morgan fingerprint density at radius 1 is 0.438 bits per heavy atom. The van der Waals surface area contributed by atoms with E-state index < -0.39 is 0 Å². The van der Waals surface area contributed by atoms with E-state index >= 15 is 0 Å². The summed E-state index contributed by atoms with van der Waals surface area (Å²) in [4.78, 5) is 4.57. The molecule has 0 N–H and O–H groups in total. The number of hydrogen-bond donors (Lipinski definition) is 0. The van der Waals surface area contributed by atoms with Crippen molar-refractivity contribution in [1.29, 1.82) is 0 Å². The van der Waals surface area contributed by atoms with Gasteiger partial charge in [0.25, 0.3) is 0 Å². The Morgan fingerprint density at radius 3 is 0.833 bits per heavy atom. The third-order valence-corrected chi connectivity index (χ3v) is 11.2. The summed E-state index contributed by atoms with van der Waals surface area (Å²) in [7, 11) is 0. The minimum absolute atomic E-state index is 0. The molecule has 0 radical (unpaired) electrons. The molecule has 0 spiro atoms. The first-order valence-electron chi connectivity index (χ1n) is 19.6. The van der Waals surface area contributed by atoms with Crippen LogP contribution in [0.15, 0.2) is 46.7 Å². The second-order valence-electron chi connectivity index (χ2n) is 14.1. The standard InChI is InChI=1S/C43H67Cl2N2.Pd/c1-9-19-32(20-10-2)36-27-17-28-37(33(21-11-3)22-12-4)40(36)46-31-47(43(45)42(46)44)41-38(34(23-13-5)24-14-6)29-18-30-39(41)35(25-15-7)26-16-8;/h17-18,27-35H,9-16,19-26H2,1-8H3;/q-1;. The van der Waals surface area contributed by atoms with Crippen molar-refractivity contribution in [1.82, 2.24) is 0 Å². The van der Waals surface area contributed by atoms with E-state index in [1.807, 2.05) is 0 Å². The molecule has 48 heavy (non-hydrogen) atoms. The van der Waals surface area contributed by atoms with Crippen molar-refractivity contribution in [3.8, 4) is 0 Å². The number of nitrogens with zero attached hydrogens (tertiary/aromatic N) is 2. The monoisotopic (exact) mass is 787 g/mol. The molecule has 1 aliphatic rings. The fourth-order valence-electron chi connectivity index (χ4n) is 8.37. The van der Waals surface area contributed by atoms with Crippen LogP contribution in [0.2, 0.25) is 0 Å². The van der Waals surface area contributed by atoms with Crippen LogP contribution in [0.4, 0.5) is 11.4 Å². The maximum absolute atomic E-state index is 7.48. The molecule has 3 rings (SSSR count). The van der Waals surface area contributed by atoms with E-state index in [1.165, 1.54) is 136 Å². The average molecular weight is 789 g/mol. The summed E-state index contributed by atoms with van der Waals surface area (Å²) in [5.41, 5.74) is 8.30. The average Bonchev–Trinajstić information content (AvgIpc) is 3.36. The van der Waals surface area contributed by atoms with Crippen LogP contribution in [0.1, 0.15) is 204 Å². The minimum atomic E-state index is 0. The summed E-state index contributed by atoms with van der Waals surface area (Å²) < 4.78 is 0. The Balaban J connectivity index is 0.00000800. The number of para-hydroxylation sites is 2. The van der Waals surface area contributed by atoms with Crippen molar-refractivity contribution in [2.75, 3.05) is 9.80 Å². The maximum Gasteiger partial charge on any atom is 0.114 e. The van der Waals surface area contributed by atoms with Crippen LogP contribution >= 0.6 is 23.2 Å². The van der Waals surface area contributed by atoms with Crippen LogP contribution in [0.5, 0.6) is 0 Å². The van der Waals surface area contributed by atoms with E-state index in [4.69, 9.17) is 23.2 Å². The number of hydrogen-bond acceptors (Lipinski definition) is 2. The second kappa shape index (κ2) is 22.8. The maximum atomic E-state index is 7.48. The molecule has 0 unspecified atom stereocenters. The molecule has 0 bridgehead atoms. The molecule has 5 heteroatoms. The topological polar surface area (TPSA) is 6.48 Å². The minimum Gasteiger partial charge on any atom is -0.463 e. The van der Waals surface area contributed by atoms with E-state index in [1.54, 1.807) is 0 Å². The molecular weight excluding hydrogens is 722 g/mol. The number of benzene rings is 2. The zero-order valence-corrected chi connectivity index (χ0v) is 34.7. The molecule has 1 aliphatic heterocycles. The van der Waals surface area contributed by atoms with Gasteiger partial charge in [0.1, 0.15) is 10.3 Å². The van der Waals surface area contributed by atoms with Gasteiger partial charge in [-0.05, 0) is 97.3 Å². The largest absolute Gasteiger partial charge is 0.463 e. The van der Waals surface area contributed by atoms with Gasteiger partial charge in [-0.25, -0.2) is 0 Å². The van der Waals surface area contributed by atoms with Gasteiger partial charge in [0.05, 0.1) is 0 Å². The van der Waals surface area contributed by atoms with Gasteiger partial charge < -0.3 is 9.80 Å². The summed E-state index contributed by atoms with van der Waals surface area (Å²) in [6, 6.07) is 14.2. The second-order valence-corrected chi connectivity index (χ2v) is 14.8. The molecule has 0 fully saturated rings. The Kier molecular flexibility index (Phi) is 20.5. The summed E-state index contributed by atoms with van der Waals surface area (Å²) in [6.07, 6.45) is 18.8. The Morgan fingerprint density at radius 2 is 0.646 bits per heavy atom. The first kappa shape index (κ1) is 43.2. The molecule has 1 heterocycles. The molecule has 0 amide bonds. The normalized spacial score (nSPS) is 13.6. The van der Waals surface area contributed by atoms with Crippen molar-refractivity contribution in [2.45, 2.75) is 182 Å². The Labute approximate surface area is 320 Å². The van der Waals surface area contributed by atoms with Gasteiger partial charge in [-0.2, -0.15) is 0 Å². The molecule has 2 aromatic rings. The summed E-state index contributed by atoms with van der Waals surface area (Å²) in [5, 5.41) is 1.26. The first-order chi connectivity index (χ1) is 22.9. The van der Waals surface area contributed by atoms with Crippen LogP contribution in [0.3, 0.4) is 0 Å². The molecule has 0 aromatic heterocycles. The number of halogens is 2. The molecular formula is C43H67Cl2N2Pd-. The first-order valence-corrected chi connectivity index (χ1v) is 20.4. The van der Waals surface area contributed by atoms with Crippen molar-refractivity contribution < 1.29 is 20.4 Å². The van der Waals surface area contributed by atoms with Gasteiger partial charge in [0.2, 0.25) is 0 Å². The van der Waals surface area contributed by atoms with Crippen molar-refractivity contribution in [2.24, 2.45) is 0 Å². The van der Waals surface area contributed by atoms with E-state index in [2.05, 4.69) is 108 Å². The molecule has 2 nitrogen and oxygen atoms in total. The molecule has 0 saturated carbocycles. The van der Waals surface area contributed by atoms with E-state index in [0.717, 1.165) is 0 Å². The van der Waals surface area contributed by atoms with Crippen LogP contribution in [0.25, 0.3) is 0 Å². The fraction of sp³-hybridized carbons (Fsp3) is 0.651. The summed E-state index contributed by atoms with van der Waals surface area (Å²) in [5.74, 6) is 1.98. The zero-order valence-electron chi connectivity index (χ0n) is 31.6. The fourth-order valence-corrected chi connectivity index (χ4v) is 8.81. The van der Waals surface area contributed by atoms with Gasteiger partial charge in [0.15, 0.2) is 0 Å². The molecule has 274 valence electrons. The van der Waals surface area contributed by atoms with Gasteiger partial charge in [-0.3, -0.25) is 0 Å². The molecule has 2 aromatic carbocycles. The third kappa shape index (κ3) is 10.5. The van der Waals surface area contributed by atoms with Crippen molar-refractivity contribution >= 4 is 34.6 Å². The van der Waals surface area contributed by atoms with Gasteiger partial charge in [-0.1, -0.05) is 166 Å². The SMILES string of the molecule is CCCC(CCC)c1cccc(C(CCC)CCC)c1N1[CH-]N(c2c(C(CCC)CCC)cccc2C(CCC)CCC)C(Cl)=C1Cl.[Pd]. The van der Waals surface area contributed by atoms with Crippen molar-refractivity contribution in [3.05, 3.63) is 75.6 Å². The van der Waals surface area contributed by atoms with E-state index in [0.29, 0.717) is 34.0 Å². The van der Waals surface area contributed by atoms with E-state index in [-0.39, 0.29) is 20.4 Å². The van der Waals surface area contributed by atoms with Crippen LogP contribution in [-0.2, 0) is 20.4 Å². The van der Waals surface area contributed by atoms with Gasteiger partial charge in [-0.15, -0.1) is 6.67 Å². The van der Waals surface area contributed by atoms with Gasteiger partial charge in [0, 0.05) is 31.8 Å². The smallest absolute Gasteiger partial charge is 0.114 e. The summed E-state index contributed by atoms with van der Waals surface area (Å²) in [6.45, 7) is 20.8. The number of anilines is 2. The van der Waals surface area contributed by atoms with Gasteiger partial charge >= 0.3 is 0 Å².